The number of rotatable bonds is 8. The number of primary amides is 1. The Morgan fingerprint density at radius 3 is 2.58 bits per heavy atom. The van der Waals surface area contributed by atoms with Crippen molar-refractivity contribution >= 4 is 34.9 Å². The molecular weight excluding hydrogens is 521 g/mol. The Bertz CT molecular complexity index is 1330. The maximum atomic E-state index is 11.7. The number of aryl methyl sites for hydroxylation is 3. The zero-order valence-electron chi connectivity index (χ0n) is 22.6. The Kier molecular flexibility index (Phi) is 8.81. The van der Waals surface area contributed by atoms with Gasteiger partial charge in [-0.3, -0.25) is 9.69 Å². The van der Waals surface area contributed by atoms with Crippen molar-refractivity contribution in [1.29, 1.82) is 0 Å². The number of amides is 1. The average Bonchev–Trinajstić information content (AvgIpc) is 2.86. The molecule has 4 rings (SSSR count). The molecule has 0 saturated carbocycles. The van der Waals surface area contributed by atoms with E-state index >= 15 is 0 Å². The number of nitrogens with zero attached hydrogens (tertiary/aromatic N) is 4. The molecule has 2 N–H and O–H groups in total. The third kappa shape index (κ3) is 6.40. The van der Waals surface area contributed by atoms with Crippen molar-refractivity contribution in [2.75, 3.05) is 31.1 Å². The summed E-state index contributed by atoms with van der Waals surface area (Å²) in [6.45, 7) is 13.1. The third-order valence-electron chi connectivity index (χ3n) is 7.05. The van der Waals surface area contributed by atoms with Crippen molar-refractivity contribution in [2.45, 2.75) is 47.3 Å². The number of ether oxygens (including phenoxy) is 1. The normalized spacial score (nSPS) is 16.2. The largest absolute Gasteiger partial charge is 0.487 e. The lowest BCUT2D eigenvalue weighted by molar-refractivity contribution is -0.120. The van der Waals surface area contributed by atoms with E-state index in [1.165, 1.54) is 0 Å². The van der Waals surface area contributed by atoms with Crippen LogP contribution in [0.15, 0.2) is 36.4 Å². The minimum Gasteiger partial charge on any atom is -0.487 e. The van der Waals surface area contributed by atoms with Crippen molar-refractivity contribution in [3.63, 3.8) is 0 Å². The fourth-order valence-corrected chi connectivity index (χ4v) is 5.25. The Balaban J connectivity index is 1.76. The van der Waals surface area contributed by atoms with E-state index in [0.29, 0.717) is 47.2 Å². The van der Waals surface area contributed by atoms with Gasteiger partial charge in [-0.2, -0.15) is 0 Å². The highest BCUT2D eigenvalue weighted by Crippen LogP contribution is 2.33. The van der Waals surface area contributed by atoms with Gasteiger partial charge in [0.25, 0.3) is 0 Å². The Labute approximate surface area is 234 Å². The highest BCUT2D eigenvalue weighted by Gasteiger charge is 2.32. The Morgan fingerprint density at radius 1 is 1.11 bits per heavy atom. The average molecular weight is 557 g/mol. The van der Waals surface area contributed by atoms with Gasteiger partial charge in [0.2, 0.25) is 5.91 Å². The van der Waals surface area contributed by atoms with Crippen molar-refractivity contribution in [2.24, 2.45) is 11.7 Å². The molecule has 9 heteroatoms. The van der Waals surface area contributed by atoms with Crippen LogP contribution in [0.1, 0.15) is 36.2 Å². The molecule has 0 spiro atoms. The molecule has 2 heterocycles. The molecule has 1 atom stereocenters. The first kappa shape index (κ1) is 28.1. The number of nitrogens with two attached hydrogens (primary N) is 1. The van der Waals surface area contributed by atoms with Crippen LogP contribution in [0.5, 0.6) is 5.75 Å². The molecule has 1 aromatic heterocycles. The number of carbonyl (C=O) groups excluding carboxylic acids is 1. The number of benzene rings is 2. The van der Waals surface area contributed by atoms with Crippen molar-refractivity contribution in [3.05, 3.63) is 68.8 Å². The smallest absolute Gasteiger partial charge is 0.231 e. The molecule has 2 aromatic carbocycles. The van der Waals surface area contributed by atoms with Crippen molar-refractivity contribution in [1.82, 2.24) is 14.9 Å². The molecule has 1 aliphatic rings. The summed E-state index contributed by atoms with van der Waals surface area (Å²) in [5.74, 6) is 2.03. The molecule has 0 unspecified atom stereocenters. The lowest BCUT2D eigenvalue weighted by Gasteiger charge is -2.44. The number of aromatic nitrogens is 2. The molecule has 0 aliphatic carbocycles. The zero-order chi connectivity index (χ0) is 27.6. The van der Waals surface area contributed by atoms with Crippen LogP contribution >= 0.6 is 23.2 Å². The van der Waals surface area contributed by atoms with E-state index in [1.807, 2.05) is 6.92 Å². The van der Waals surface area contributed by atoms with Gasteiger partial charge < -0.3 is 15.4 Å². The van der Waals surface area contributed by atoms with E-state index in [0.717, 1.165) is 33.8 Å². The minimum atomic E-state index is -0.313. The van der Waals surface area contributed by atoms with E-state index in [9.17, 15) is 4.79 Å². The number of hydrogen-bond acceptors (Lipinski definition) is 6. The zero-order valence-corrected chi connectivity index (χ0v) is 24.1. The molecule has 1 aliphatic heterocycles. The topological polar surface area (TPSA) is 84.6 Å². The second-order valence-corrected chi connectivity index (χ2v) is 11.2. The molecule has 38 heavy (non-hydrogen) atoms. The van der Waals surface area contributed by atoms with Gasteiger partial charge in [-0.15, -0.1) is 0 Å². The highest BCUT2D eigenvalue weighted by molar-refractivity contribution is 6.34. The Hall–Kier alpha value is -2.87. The highest BCUT2D eigenvalue weighted by atomic mass is 35.5. The van der Waals surface area contributed by atoms with Crippen LogP contribution in [-0.2, 0) is 11.4 Å². The standard InChI is InChI=1S/C29H35Cl2N5O2/c1-17(2)25-14-36(11-10-35(25)15-27(32)37)29-23(16-38-26-13-21(30)8-9-24(26)31)20(5)33-28(34-29)22-12-18(3)6-7-19(22)4/h6-9,12-13,17,25H,10-11,14-16H2,1-5H3,(H2,32,37)/t25-/m1/s1. The molecule has 1 saturated heterocycles. The monoisotopic (exact) mass is 555 g/mol. The molecule has 0 radical (unpaired) electrons. The number of carbonyl (C=O) groups is 1. The van der Waals surface area contributed by atoms with Gasteiger partial charge in [0.15, 0.2) is 5.82 Å². The Morgan fingerprint density at radius 2 is 1.87 bits per heavy atom. The molecule has 3 aromatic rings. The first-order chi connectivity index (χ1) is 18.0. The van der Waals surface area contributed by atoms with Crippen LogP contribution in [0.2, 0.25) is 10.0 Å². The summed E-state index contributed by atoms with van der Waals surface area (Å²) in [6, 6.07) is 11.6. The third-order valence-corrected chi connectivity index (χ3v) is 7.60. The van der Waals surface area contributed by atoms with Crippen LogP contribution in [-0.4, -0.2) is 53.0 Å². The predicted octanol–water partition coefficient (Wildman–Crippen LogP) is 5.59. The second kappa shape index (κ2) is 11.9. The van der Waals surface area contributed by atoms with Crippen LogP contribution in [0.4, 0.5) is 5.82 Å². The second-order valence-electron chi connectivity index (χ2n) is 10.3. The fourth-order valence-electron chi connectivity index (χ4n) is 4.92. The number of halogens is 2. The van der Waals surface area contributed by atoms with E-state index in [-0.39, 0.29) is 25.1 Å². The molecule has 1 fully saturated rings. The fraction of sp³-hybridized carbons (Fsp3) is 0.414. The van der Waals surface area contributed by atoms with Gasteiger partial charge in [-0.05, 0) is 50.5 Å². The van der Waals surface area contributed by atoms with E-state index in [1.54, 1.807) is 18.2 Å². The molecule has 0 bridgehead atoms. The van der Waals surface area contributed by atoms with Gasteiger partial charge in [0.05, 0.1) is 22.8 Å². The van der Waals surface area contributed by atoms with Crippen LogP contribution in [0.25, 0.3) is 11.4 Å². The number of piperazine rings is 1. The maximum Gasteiger partial charge on any atom is 0.231 e. The molecule has 7 nitrogen and oxygen atoms in total. The van der Waals surface area contributed by atoms with Crippen molar-refractivity contribution in [3.8, 4) is 17.1 Å². The lowest BCUT2D eigenvalue weighted by atomic mass is 9.99. The summed E-state index contributed by atoms with van der Waals surface area (Å²) in [5, 5.41) is 1.04. The summed E-state index contributed by atoms with van der Waals surface area (Å²) in [5.41, 5.74) is 10.5. The summed E-state index contributed by atoms with van der Waals surface area (Å²) in [6.07, 6.45) is 0. The number of anilines is 1. The first-order valence-corrected chi connectivity index (χ1v) is 13.6. The van der Waals surface area contributed by atoms with Gasteiger partial charge in [0, 0.05) is 42.3 Å². The predicted molar refractivity (Wildman–Crippen MR) is 154 cm³/mol. The first-order valence-electron chi connectivity index (χ1n) is 12.8. The van der Waals surface area contributed by atoms with Gasteiger partial charge in [-0.25, -0.2) is 9.97 Å². The van der Waals surface area contributed by atoms with E-state index in [2.05, 4.69) is 55.7 Å². The maximum absolute atomic E-state index is 11.7. The minimum absolute atomic E-state index is 0.145. The van der Waals surface area contributed by atoms with Crippen LogP contribution in [0, 0.1) is 26.7 Å². The molecule has 1 amide bonds. The van der Waals surface area contributed by atoms with Gasteiger partial charge >= 0.3 is 0 Å². The molecule has 202 valence electrons. The van der Waals surface area contributed by atoms with Crippen molar-refractivity contribution < 1.29 is 9.53 Å². The van der Waals surface area contributed by atoms with Gasteiger partial charge in [0.1, 0.15) is 18.2 Å². The quantitative estimate of drug-likeness (QED) is 0.390. The van der Waals surface area contributed by atoms with E-state index < -0.39 is 0 Å². The van der Waals surface area contributed by atoms with Crippen LogP contribution in [0.3, 0.4) is 0 Å². The molecular formula is C29H35Cl2N5O2. The van der Waals surface area contributed by atoms with E-state index in [4.69, 9.17) is 43.6 Å². The summed E-state index contributed by atoms with van der Waals surface area (Å²) in [7, 11) is 0. The van der Waals surface area contributed by atoms with Crippen LogP contribution < -0.4 is 15.4 Å². The summed E-state index contributed by atoms with van der Waals surface area (Å²) < 4.78 is 6.16. The SMILES string of the molecule is Cc1ccc(C)c(-c2nc(C)c(COc3cc(Cl)ccc3Cl)c(N3CCN(CC(N)=O)[C@@H](C(C)C)C3)n2)c1. The lowest BCUT2D eigenvalue weighted by Crippen LogP contribution is -2.57. The summed E-state index contributed by atoms with van der Waals surface area (Å²) >= 11 is 12.6. The number of hydrogen-bond donors (Lipinski definition) is 1. The van der Waals surface area contributed by atoms with Gasteiger partial charge in [-0.1, -0.05) is 54.7 Å². The summed E-state index contributed by atoms with van der Waals surface area (Å²) in [4.78, 5) is 26.2.